The zero-order chi connectivity index (χ0) is 21.8. The molecular formula is C24H20FN3O3. The highest BCUT2D eigenvalue weighted by Gasteiger charge is 2.24. The van der Waals surface area contributed by atoms with E-state index in [1.54, 1.807) is 54.6 Å². The minimum absolute atomic E-state index is 0.102. The Bertz CT molecular complexity index is 1130. The van der Waals surface area contributed by atoms with Gasteiger partial charge in [0.1, 0.15) is 5.82 Å². The monoisotopic (exact) mass is 417 g/mol. The van der Waals surface area contributed by atoms with E-state index in [4.69, 9.17) is 0 Å². The van der Waals surface area contributed by atoms with Gasteiger partial charge in [-0.2, -0.15) is 0 Å². The number of nitrogens with one attached hydrogen (secondary N) is 2. The molecule has 0 radical (unpaired) electrons. The average molecular weight is 417 g/mol. The summed E-state index contributed by atoms with van der Waals surface area (Å²) in [4.78, 5) is 37.9. The van der Waals surface area contributed by atoms with Crippen molar-refractivity contribution in [1.82, 2.24) is 0 Å². The molecule has 3 amide bonds. The quantitative estimate of drug-likeness (QED) is 0.644. The van der Waals surface area contributed by atoms with Crippen molar-refractivity contribution < 1.29 is 18.8 Å². The maximum atomic E-state index is 14.5. The molecule has 0 aliphatic carbocycles. The van der Waals surface area contributed by atoms with E-state index >= 15 is 0 Å². The summed E-state index contributed by atoms with van der Waals surface area (Å²) >= 11 is 0. The highest BCUT2D eigenvalue weighted by atomic mass is 19.1. The first-order chi connectivity index (χ1) is 15.0. The van der Waals surface area contributed by atoms with E-state index in [0.29, 0.717) is 41.9 Å². The van der Waals surface area contributed by atoms with Gasteiger partial charge >= 0.3 is 0 Å². The molecule has 0 bridgehead atoms. The highest BCUT2D eigenvalue weighted by molar-refractivity contribution is 6.06. The normalized spacial score (nSPS) is 13.2. The molecule has 3 aromatic carbocycles. The fourth-order valence-corrected chi connectivity index (χ4v) is 3.41. The van der Waals surface area contributed by atoms with Crippen LogP contribution in [0.5, 0.6) is 0 Å². The summed E-state index contributed by atoms with van der Waals surface area (Å²) in [5.41, 5.74) is 1.96. The van der Waals surface area contributed by atoms with Crippen molar-refractivity contribution in [3.8, 4) is 0 Å². The predicted octanol–water partition coefficient (Wildman–Crippen LogP) is 4.46. The molecule has 31 heavy (non-hydrogen) atoms. The Labute approximate surface area is 178 Å². The zero-order valence-corrected chi connectivity index (χ0v) is 16.6. The maximum absolute atomic E-state index is 14.5. The summed E-state index contributed by atoms with van der Waals surface area (Å²) in [6.07, 6.45) is 1.12. The van der Waals surface area contributed by atoms with Crippen LogP contribution in [0.2, 0.25) is 0 Å². The lowest BCUT2D eigenvalue weighted by Crippen LogP contribution is -2.24. The van der Waals surface area contributed by atoms with Gasteiger partial charge in [0.05, 0.1) is 5.69 Å². The minimum Gasteiger partial charge on any atom is -0.322 e. The molecule has 0 saturated carbocycles. The molecule has 1 aliphatic rings. The Morgan fingerprint density at radius 3 is 2.03 bits per heavy atom. The summed E-state index contributed by atoms with van der Waals surface area (Å²) in [6, 6.07) is 19.5. The first-order valence-corrected chi connectivity index (χ1v) is 9.89. The SMILES string of the molecule is O=C(Nc1ccc(C(=O)Nc2ccc(N3CCCC3=O)c(F)c2)cc1)c1ccccc1. The van der Waals surface area contributed by atoms with E-state index in [2.05, 4.69) is 10.6 Å². The second kappa shape index (κ2) is 8.79. The smallest absolute Gasteiger partial charge is 0.255 e. The van der Waals surface area contributed by atoms with Crippen LogP contribution in [0.15, 0.2) is 72.8 Å². The number of amides is 3. The lowest BCUT2D eigenvalue weighted by molar-refractivity contribution is -0.117. The van der Waals surface area contributed by atoms with E-state index in [1.165, 1.54) is 17.0 Å². The standard InChI is InChI=1S/C24H20FN3O3/c25-20-15-19(12-13-21(20)28-14-4-7-22(28)29)27-24(31)17-8-10-18(11-9-17)26-23(30)16-5-2-1-3-6-16/h1-3,5-6,8-13,15H,4,7,14H2,(H,26,30)(H,27,31). The zero-order valence-electron chi connectivity index (χ0n) is 16.6. The van der Waals surface area contributed by atoms with Gasteiger partial charge in [0.25, 0.3) is 11.8 Å². The van der Waals surface area contributed by atoms with Crippen LogP contribution < -0.4 is 15.5 Å². The number of anilines is 3. The van der Waals surface area contributed by atoms with Crippen molar-refractivity contribution in [3.05, 3.63) is 89.7 Å². The van der Waals surface area contributed by atoms with Gasteiger partial charge in [-0.3, -0.25) is 14.4 Å². The number of hydrogen-bond donors (Lipinski definition) is 2. The molecule has 2 N–H and O–H groups in total. The Balaban J connectivity index is 1.40. The first-order valence-electron chi connectivity index (χ1n) is 9.89. The molecule has 1 fully saturated rings. The molecule has 1 aliphatic heterocycles. The second-order valence-corrected chi connectivity index (χ2v) is 7.17. The van der Waals surface area contributed by atoms with Crippen LogP contribution in [-0.2, 0) is 4.79 Å². The number of carbonyl (C=O) groups excluding carboxylic acids is 3. The van der Waals surface area contributed by atoms with Crippen LogP contribution >= 0.6 is 0 Å². The van der Waals surface area contributed by atoms with Crippen LogP contribution in [0.3, 0.4) is 0 Å². The van der Waals surface area contributed by atoms with Crippen molar-refractivity contribution in [2.75, 3.05) is 22.1 Å². The molecule has 6 nitrogen and oxygen atoms in total. The fourth-order valence-electron chi connectivity index (χ4n) is 3.41. The summed E-state index contributed by atoms with van der Waals surface area (Å²) in [6.45, 7) is 0.495. The van der Waals surface area contributed by atoms with Gasteiger partial charge in [-0.15, -0.1) is 0 Å². The second-order valence-electron chi connectivity index (χ2n) is 7.17. The topological polar surface area (TPSA) is 78.5 Å². The van der Waals surface area contributed by atoms with Crippen LogP contribution in [0, 0.1) is 5.82 Å². The van der Waals surface area contributed by atoms with Crippen molar-refractivity contribution in [3.63, 3.8) is 0 Å². The highest BCUT2D eigenvalue weighted by Crippen LogP contribution is 2.27. The van der Waals surface area contributed by atoms with E-state index < -0.39 is 11.7 Å². The summed E-state index contributed by atoms with van der Waals surface area (Å²) in [5.74, 6) is -1.32. The predicted molar refractivity (Wildman–Crippen MR) is 117 cm³/mol. The van der Waals surface area contributed by atoms with Crippen molar-refractivity contribution in [1.29, 1.82) is 0 Å². The largest absolute Gasteiger partial charge is 0.322 e. The number of benzene rings is 3. The maximum Gasteiger partial charge on any atom is 0.255 e. The third-order valence-electron chi connectivity index (χ3n) is 5.01. The van der Waals surface area contributed by atoms with Crippen LogP contribution in [0.1, 0.15) is 33.6 Å². The molecule has 156 valence electrons. The van der Waals surface area contributed by atoms with Crippen LogP contribution in [0.4, 0.5) is 21.5 Å². The third kappa shape index (κ3) is 4.61. The lowest BCUT2D eigenvalue weighted by atomic mass is 10.1. The molecule has 1 saturated heterocycles. The number of nitrogens with zero attached hydrogens (tertiary/aromatic N) is 1. The van der Waals surface area contributed by atoms with Gasteiger partial charge in [-0.05, 0) is 61.0 Å². The van der Waals surface area contributed by atoms with E-state index in [1.807, 2.05) is 6.07 Å². The third-order valence-corrected chi connectivity index (χ3v) is 5.01. The van der Waals surface area contributed by atoms with Gasteiger partial charge in [0, 0.05) is 35.5 Å². The Kier molecular flexibility index (Phi) is 5.75. The van der Waals surface area contributed by atoms with Crippen molar-refractivity contribution in [2.45, 2.75) is 12.8 Å². The summed E-state index contributed by atoms with van der Waals surface area (Å²) in [5, 5.41) is 5.41. The van der Waals surface area contributed by atoms with Gasteiger partial charge in [0.15, 0.2) is 0 Å². The summed E-state index contributed by atoms with van der Waals surface area (Å²) in [7, 11) is 0. The fraction of sp³-hybridized carbons (Fsp3) is 0.125. The molecule has 0 aromatic heterocycles. The van der Waals surface area contributed by atoms with E-state index in [9.17, 15) is 18.8 Å². The van der Waals surface area contributed by atoms with E-state index in [-0.39, 0.29) is 17.5 Å². The molecular weight excluding hydrogens is 397 g/mol. The molecule has 0 spiro atoms. The van der Waals surface area contributed by atoms with Gasteiger partial charge < -0.3 is 15.5 Å². The first kappa shape index (κ1) is 20.3. The van der Waals surface area contributed by atoms with Gasteiger partial charge in [-0.25, -0.2) is 4.39 Å². The Morgan fingerprint density at radius 2 is 1.42 bits per heavy atom. The molecule has 3 aromatic rings. The molecule has 7 heteroatoms. The van der Waals surface area contributed by atoms with Gasteiger partial charge in [-0.1, -0.05) is 18.2 Å². The van der Waals surface area contributed by atoms with Crippen molar-refractivity contribution in [2.24, 2.45) is 0 Å². The molecule has 0 unspecified atom stereocenters. The number of carbonyl (C=O) groups is 3. The summed E-state index contributed by atoms with van der Waals surface area (Å²) < 4.78 is 14.5. The average Bonchev–Trinajstić information content (AvgIpc) is 3.20. The van der Waals surface area contributed by atoms with E-state index in [0.717, 1.165) is 0 Å². The minimum atomic E-state index is -0.563. The van der Waals surface area contributed by atoms with Crippen molar-refractivity contribution >= 4 is 34.8 Å². The van der Waals surface area contributed by atoms with Crippen LogP contribution in [-0.4, -0.2) is 24.3 Å². The number of hydrogen-bond acceptors (Lipinski definition) is 3. The molecule has 0 atom stereocenters. The number of halogens is 1. The van der Waals surface area contributed by atoms with Crippen LogP contribution in [0.25, 0.3) is 0 Å². The lowest BCUT2D eigenvalue weighted by Gasteiger charge is -2.17. The molecule has 4 rings (SSSR count). The Hall–Kier alpha value is -4.00. The molecule has 1 heterocycles. The Morgan fingerprint density at radius 1 is 0.806 bits per heavy atom. The number of rotatable bonds is 5. The van der Waals surface area contributed by atoms with Gasteiger partial charge in [0.2, 0.25) is 5.91 Å².